The van der Waals surface area contributed by atoms with Crippen LogP contribution < -0.4 is 4.90 Å². The van der Waals surface area contributed by atoms with Crippen LogP contribution in [0.5, 0.6) is 0 Å². The SMILES string of the molecule is FC(F)(F)c1ccc2c(N3CCN(C4CCOCC4)CC3)ccnc2c1. The van der Waals surface area contributed by atoms with E-state index in [9.17, 15) is 13.2 Å². The molecule has 3 heterocycles. The second kappa shape index (κ2) is 7.04. The summed E-state index contributed by atoms with van der Waals surface area (Å²) in [6.45, 7) is 5.35. The zero-order valence-corrected chi connectivity index (χ0v) is 14.5. The van der Waals surface area contributed by atoms with Crippen molar-refractivity contribution in [2.75, 3.05) is 44.3 Å². The van der Waals surface area contributed by atoms with Gasteiger partial charge in [-0.15, -0.1) is 0 Å². The summed E-state index contributed by atoms with van der Waals surface area (Å²) in [7, 11) is 0. The van der Waals surface area contributed by atoms with Gasteiger partial charge in [-0.05, 0) is 31.0 Å². The quantitative estimate of drug-likeness (QED) is 0.814. The molecule has 0 N–H and O–H groups in total. The lowest BCUT2D eigenvalue weighted by Gasteiger charge is -2.41. The number of fused-ring (bicyclic) bond motifs is 1. The highest BCUT2D eigenvalue weighted by molar-refractivity contribution is 5.92. The monoisotopic (exact) mass is 365 g/mol. The minimum atomic E-state index is -4.35. The number of ether oxygens (including phenoxy) is 1. The average Bonchev–Trinajstić information content (AvgIpc) is 2.67. The Bertz CT molecular complexity index is 766. The van der Waals surface area contributed by atoms with Crippen LogP contribution in [0.3, 0.4) is 0 Å². The van der Waals surface area contributed by atoms with Crippen molar-refractivity contribution in [3.63, 3.8) is 0 Å². The number of alkyl halides is 3. The minimum absolute atomic E-state index is 0.393. The van der Waals surface area contributed by atoms with Crippen LogP contribution in [0.2, 0.25) is 0 Å². The number of aromatic nitrogens is 1. The first-order valence-electron chi connectivity index (χ1n) is 9.05. The van der Waals surface area contributed by atoms with E-state index in [0.717, 1.165) is 75.4 Å². The van der Waals surface area contributed by atoms with Crippen molar-refractivity contribution in [2.45, 2.75) is 25.1 Å². The van der Waals surface area contributed by atoms with Gasteiger partial charge in [0.1, 0.15) is 0 Å². The smallest absolute Gasteiger partial charge is 0.381 e. The van der Waals surface area contributed by atoms with Gasteiger partial charge in [0.05, 0.1) is 11.1 Å². The molecule has 4 rings (SSSR count). The Balaban J connectivity index is 1.52. The molecule has 0 bridgehead atoms. The van der Waals surface area contributed by atoms with Crippen LogP contribution in [0.15, 0.2) is 30.5 Å². The number of anilines is 1. The number of halogens is 3. The third-order valence-corrected chi connectivity index (χ3v) is 5.41. The molecule has 0 radical (unpaired) electrons. The molecular weight excluding hydrogens is 343 g/mol. The molecule has 1 aromatic carbocycles. The number of hydrogen-bond donors (Lipinski definition) is 0. The van der Waals surface area contributed by atoms with Gasteiger partial charge in [0, 0.05) is 62.7 Å². The first-order chi connectivity index (χ1) is 12.5. The molecule has 0 atom stereocenters. The molecule has 0 spiro atoms. The Morgan fingerprint density at radius 3 is 2.42 bits per heavy atom. The molecule has 2 aliphatic heterocycles. The van der Waals surface area contributed by atoms with Gasteiger partial charge in [-0.1, -0.05) is 6.07 Å². The van der Waals surface area contributed by atoms with E-state index in [1.54, 1.807) is 12.3 Å². The Morgan fingerprint density at radius 2 is 1.73 bits per heavy atom. The zero-order chi connectivity index (χ0) is 18.1. The van der Waals surface area contributed by atoms with E-state index in [1.807, 2.05) is 6.07 Å². The summed E-state index contributed by atoms with van der Waals surface area (Å²) in [4.78, 5) is 8.92. The van der Waals surface area contributed by atoms with E-state index in [0.29, 0.717) is 11.6 Å². The normalized spacial score (nSPS) is 20.7. The molecule has 26 heavy (non-hydrogen) atoms. The van der Waals surface area contributed by atoms with Crippen molar-refractivity contribution >= 4 is 16.6 Å². The summed E-state index contributed by atoms with van der Waals surface area (Å²) in [5, 5.41) is 0.778. The fourth-order valence-electron chi connectivity index (χ4n) is 3.96. The van der Waals surface area contributed by atoms with Gasteiger partial charge in [0.15, 0.2) is 0 Å². The maximum atomic E-state index is 12.9. The summed E-state index contributed by atoms with van der Waals surface area (Å²) in [6.07, 6.45) is -0.583. The molecule has 0 saturated carbocycles. The summed E-state index contributed by atoms with van der Waals surface area (Å²) < 4.78 is 44.3. The molecule has 2 aliphatic rings. The molecule has 140 valence electrons. The highest BCUT2D eigenvalue weighted by Crippen LogP contribution is 2.34. The van der Waals surface area contributed by atoms with Crippen molar-refractivity contribution < 1.29 is 17.9 Å². The highest BCUT2D eigenvalue weighted by Gasteiger charge is 2.31. The van der Waals surface area contributed by atoms with E-state index in [-0.39, 0.29) is 0 Å². The summed E-state index contributed by atoms with van der Waals surface area (Å²) in [5.41, 5.74) is 0.707. The molecular formula is C19H22F3N3O. The largest absolute Gasteiger partial charge is 0.416 e. The van der Waals surface area contributed by atoms with E-state index in [1.165, 1.54) is 0 Å². The maximum absolute atomic E-state index is 12.9. The number of hydrogen-bond acceptors (Lipinski definition) is 4. The number of pyridine rings is 1. The van der Waals surface area contributed by atoms with Crippen LogP contribution in [0.4, 0.5) is 18.9 Å². The van der Waals surface area contributed by atoms with Gasteiger partial charge >= 0.3 is 6.18 Å². The van der Waals surface area contributed by atoms with Crippen LogP contribution >= 0.6 is 0 Å². The van der Waals surface area contributed by atoms with Crippen LogP contribution in [0, 0.1) is 0 Å². The lowest BCUT2D eigenvalue weighted by molar-refractivity contribution is -0.137. The molecule has 2 saturated heterocycles. The van der Waals surface area contributed by atoms with Crippen molar-refractivity contribution in [1.29, 1.82) is 0 Å². The van der Waals surface area contributed by atoms with Gasteiger partial charge in [-0.25, -0.2) is 0 Å². The highest BCUT2D eigenvalue weighted by atomic mass is 19.4. The topological polar surface area (TPSA) is 28.6 Å². The predicted molar refractivity (Wildman–Crippen MR) is 94.4 cm³/mol. The number of piperazine rings is 1. The third kappa shape index (κ3) is 3.50. The molecule has 1 aromatic heterocycles. The molecule has 0 aliphatic carbocycles. The van der Waals surface area contributed by atoms with E-state index in [2.05, 4.69) is 14.8 Å². The molecule has 2 aromatic rings. The van der Waals surface area contributed by atoms with Gasteiger partial charge in [-0.3, -0.25) is 9.88 Å². The second-order valence-corrected chi connectivity index (χ2v) is 6.93. The summed E-state index contributed by atoms with van der Waals surface area (Å²) in [5.74, 6) is 0. The standard InChI is InChI=1S/C19H22F3N3O/c20-19(21,22)14-1-2-16-17(13-14)23-6-3-18(16)25-9-7-24(8-10-25)15-4-11-26-12-5-15/h1-3,6,13,15H,4-5,7-12H2. The van der Waals surface area contributed by atoms with E-state index in [4.69, 9.17) is 4.74 Å². The van der Waals surface area contributed by atoms with Crippen molar-refractivity contribution in [3.05, 3.63) is 36.0 Å². The first kappa shape index (κ1) is 17.5. The van der Waals surface area contributed by atoms with E-state index >= 15 is 0 Å². The number of rotatable bonds is 2. The Morgan fingerprint density at radius 1 is 1.00 bits per heavy atom. The predicted octanol–water partition coefficient (Wildman–Crippen LogP) is 3.55. The van der Waals surface area contributed by atoms with Crippen molar-refractivity contribution in [3.8, 4) is 0 Å². The van der Waals surface area contributed by atoms with E-state index < -0.39 is 11.7 Å². The molecule has 2 fully saturated rings. The Labute approximate surface area is 150 Å². The minimum Gasteiger partial charge on any atom is -0.381 e. The van der Waals surface area contributed by atoms with Gasteiger partial charge in [-0.2, -0.15) is 13.2 Å². The van der Waals surface area contributed by atoms with Crippen LogP contribution in [0.25, 0.3) is 10.9 Å². The van der Waals surface area contributed by atoms with Crippen LogP contribution in [-0.2, 0) is 10.9 Å². The number of nitrogens with zero attached hydrogens (tertiary/aromatic N) is 3. The van der Waals surface area contributed by atoms with Crippen molar-refractivity contribution in [2.24, 2.45) is 0 Å². The van der Waals surface area contributed by atoms with Crippen LogP contribution in [-0.4, -0.2) is 55.3 Å². The molecule has 7 heteroatoms. The Kier molecular flexibility index (Phi) is 4.75. The second-order valence-electron chi connectivity index (χ2n) is 6.93. The molecule has 4 nitrogen and oxygen atoms in total. The zero-order valence-electron chi connectivity index (χ0n) is 14.5. The summed E-state index contributed by atoms with van der Waals surface area (Å²) >= 11 is 0. The molecule has 0 unspecified atom stereocenters. The van der Waals surface area contributed by atoms with Gasteiger partial charge < -0.3 is 9.64 Å². The molecule has 0 amide bonds. The Hall–Kier alpha value is -1.86. The van der Waals surface area contributed by atoms with Crippen LogP contribution in [0.1, 0.15) is 18.4 Å². The van der Waals surface area contributed by atoms with Crippen molar-refractivity contribution in [1.82, 2.24) is 9.88 Å². The first-order valence-corrected chi connectivity index (χ1v) is 9.05. The lowest BCUT2D eigenvalue weighted by Crippen LogP contribution is -2.51. The summed E-state index contributed by atoms with van der Waals surface area (Å²) in [6, 6.07) is 6.32. The fourth-order valence-corrected chi connectivity index (χ4v) is 3.96. The third-order valence-electron chi connectivity index (χ3n) is 5.41. The van der Waals surface area contributed by atoms with Gasteiger partial charge in [0.2, 0.25) is 0 Å². The fraction of sp³-hybridized carbons (Fsp3) is 0.526. The maximum Gasteiger partial charge on any atom is 0.416 e. The lowest BCUT2D eigenvalue weighted by atomic mass is 10.1. The average molecular weight is 365 g/mol. The number of benzene rings is 1. The van der Waals surface area contributed by atoms with Gasteiger partial charge in [0.25, 0.3) is 0 Å².